The highest BCUT2D eigenvalue weighted by Gasteiger charge is 2.34. The summed E-state index contributed by atoms with van der Waals surface area (Å²) in [5.41, 5.74) is 0.234. The lowest BCUT2D eigenvalue weighted by molar-refractivity contribution is -0.141. The van der Waals surface area contributed by atoms with Gasteiger partial charge in [-0.25, -0.2) is 9.67 Å². The first-order valence-corrected chi connectivity index (χ1v) is 5.60. The molecule has 0 bridgehead atoms. The van der Waals surface area contributed by atoms with Gasteiger partial charge in [0.15, 0.2) is 11.5 Å². The molecule has 2 aromatic rings. The van der Waals surface area contributed by atoms with Gasteiger partial charge in [0.25, 0.3) is 0 Å². The summed E-state index contributed by atoms with van der Waals surface area (Å²) in [6.45, 7) is 1.54. The van der Waals surface area contributed by atoms with Crippen molar-refractivity contribution in [3.8, 4) is 5.82 Å². The van der Waals surface area contributed by atoms with Gasteiger partial charge in [-0.2, -0.15) is 18.3 Å². The van der Waals surface area contributed by atoms with E-state index in [9.17, 15) is 13.2 Å². The quantitative estimate of drug-likeness (QED) is 0.787. The molecule has 0 aliphatic carbocycles. The summed E-state index contributed by atoms with van der Waals surface area (Å²) in [6.07, 6.45) is -2.94. The Morgan fingerprint density at radius 3 is 2.50 bits per heavy atom. The molecule has 0 unspecified atom stereocenters. The fourth-order valence-electron chi connectivity index (χ4n) is 1.47. The lowest BCUT2D eigenvalue weighted by Gasteiger charge is -2.04. The molecule has 18 heavy (non-hydrogen) atoms. The predicted molar refractivity (Wildman–Crippen MR) is 60.7 cm³/mol. The topological polar surface area (TPSA) is 30.7 Å². The van der Waals surface area contributed by atoms with Crippen LogP contribution in [0.5, 0.6) is 0 Å². The minimum atomic E-state index is -4.45. The molecule has 0 saturated carbocycles. The van der Waals surface area contributed by atoms with E-state index in [0.29, 0.717) is 17.4 Å². The summed E-state index contributed by atoms with van der Waals surface area (Å²) in [6, 6.07) is 4.26. The first-order chi connectivity index (χ1) is 8.41. The van der Waals surface area contributed by atoms with Crippen LogP contribution in [0.3, 0.4) is 0 Å². The minimum Gasteiger partial charge on any atom is -0.237 e. The van der Waals surface area contributed by atoms with Crippen LogP contribution in [0.25, 0.3) is 5.82 Å². The lowest BCUT2D eigenvalue weighted by atomic mass is 10.3. The Balaban J connectivity index is 2.41. The third kappa shape index (κ3) is 2.48. The average molecular weight is 276 g/mol. The molecule has 2 rings (SSSR count). The van der Waals surface area contributed by atoms with Gasteiger partial charge in [0.2, 0.25) is 0 Å². The van der Waals surface area contributed by atoms with E-state index in [-0.39, 0.29) is 0 Å². The molecule has 7 heteroatoms. The van der Waals surface area contributed by atoms with E-state index in [1.807, 2.05) is 0 Å². The third-order valence-electron chi connectivity index (χ3n) is 2.36. The second-order valence-corrected chi connectivity index (χ2v) is 4.01. The highest BCUT2D eigenvalue weighted by molar-refractivity contribution is 6.17. The summed E-state index contributed by atoms with van der Waals surface area (Å²) >= 11 is 5.61. The zero-order valence-electron chi connectivity index (χ0n) is 9.37. The summed E-state index contributed by atoms with van der Waals surface area (Å²) < 4.78 is 38.7. The normalized spacial score (nSPS) is 11.8. The molecule has 0 atom stereocenters. The van der Waals surface area contributed by atoms with Crippen molar-refractivity contribution >= 4 is 11.6 Å². The van der Waals surface area contributed by atoms with E-state index in [2.05, 4.69) is 10.1 Å². The van der Waals surface area contributed by atoms with E-state index < -0.39 is 11.9 Å². The van der Waals surface area contributed by atoms with Crippen molar-refractivity contribution in [2.24, 2.45) is 0 Å². The first-order valence-electron chi connectivity index (χ1n) is 5.07. The molecule has 0 aromatic carbocycles. The van der Waals surface area contributed by atoms with E-state index in [0.717, 1.165) is 16.3 Å². The van der Waals surface area contributed by atoms with Gasteiger partial charge in [0.05, 0.1) is 0 Å². The van der Waals surface area contributed by atoms with E-state index in [1.54, 1.807) is 19.1 Å². The number of hydrogen-bond acceptors (Lipinski definition) is 2. The van der Waals surface area contributed by atoms with Crippen LogP contribution < -0.4 is 0 Å². The minimum absolute atomic E-state index is 0.305. The highest BCUT2D eigenvalue weighted by atomic mass is 35.5. The van der Waals surface area contributed by atoms with Gasteiger partial charge in [0.1, 0.15) is 0 Å². The van der Waals surface area contributed by atoms with Crippen LogP contribution in [0.15, 0.2) is 24.4 Å². The molecular formula is C11H9ClF3N3. The van der Waals surface area contributed by atoms with Gasteiger partial charge >= 0.3 is 6.18 Å². The zero-order chi connectivity index (χ0) is 13.3. The van der Waals surface area contributed by atoms with Crippen molar-refractivity contribution in [3.63, 3.8) is 0 Å². The number of hydrogen-bond donors (Lipinski definition) is 0. The summed E-state index contributed by atoms with van der Waals surface area (Å²) in [5.74, 6) is 0.635. The van der Waals surface area contributed by atoms with Crippen molar-refractivity contribution in [1.29, 1.82) is 0 Å². The van der Waals surface area contributed by atoms with E-state index in [1.165, 1.54) is 6.20 Å². The van der Waals surface area contributed by atoms with E-state index in [4.69, 9.17) is 11.6 Å². The zero-order valence-corrected chi connectivity index (χ0v) is 10.1. The van der Waals surface area contributed by atoms with Gasteiger partial charge in [-0.05, 0) is 24.6 Å². The molecule has 0 N–H and O–H groups in total. The molecule has 2 aromatic heterocycles. The Kier molecular flexibility index (Phi) is 3.30. The maximum Gasteiger partial charge on any atom is 0.435 e. The summed E-state index contributed by atoms with van der Waals surface area (Å²) in [4.78, 5) is 4.02. The summed E-state index contributed by atoms with van der Waals surface area (Å²) in [5, 5.41) is 3.50. The Morgan fingerprint density at radius 2 is 2.06 bits per heavy atom. The Hall–Kier alpha value is -1.56. The molecule has 0 radical (unpaired) electrons. The smallest absolute Gasteiger partial charge is 0.237 e. The standard InChI is InChI=1S/C11H9ClF3N3/c1-7-4-9(11(13,14)15)17-18(7)10-3-2-8(5-12)6-16-10/h2-4,6H,5H2,1H3. The number of nitrogens with zero attached hydrogens (tertiary/aromatic N) is 3. The van der Waals surface area contributed by atoms with Gasteiger partial charge in [-0.1, -0.05) is 6.07 Å². The van der Waals surface area contributed by atoms with Crippen LogP contribution in [0.4, 0.5) is 13.2 Å². The van der Waals surface area contributed by atoms with Crippen molar-refractivity contribution in [2.75, 3.05) is 0 Å². The molecule has 0 saturated heterocycles. The molecule has 3 nitrogen and oxygen atoms in total. The van der Waals surface area contributed by atoms with Crippen LogP contribution in [0.2, 0.25) is 0 Å². The van der Waals surface area contributed by atoms with Crippen LogP contribution in [-0.2, 0) is 12.1 Å². The predicted octanol–water partition coefficient (Wildman–Crippen LogP) is 3.33. The van der Waals surface area contributed by atoms with Gasteiger partial charge in [-0.15, -0.1) is 11.6 Å². The Labute approximate surface area is 106 Å². The first kappa shape index (κ1) is 12.9. The van der Waals surface area contributed by atoms with Crippen molar-refractivity contribution in [1.82, 2.24) is 14.8 Å². The van der Waals surface area contributed by atoms with Crippen LogP contribution in [0, 0.1) is 6.92 Å². The molecular weight excluding hydrogens is 267 g/mol. The fraction of sp³-hybridized carbons (Fsp3) is 0.273. The van der Waals surface area contributed by atoms with Crippen molar-refractivity contribution < 1.29 is 13.2 Å². The van der Waals surface area contributed by atoms with Gasteiger partial charge < -0.3 is 0 Å². The van der Waals surface area contributed by atoms with Crippen LogP contribution >= 0.6 is 11.6 Å². The van der Waals surface area contributed by atoms with Gasteiger partial charge in [-0.3, -0.25) is 0 Å². The van der Waals surface area contributed by atoms with Crippen LogP contribution in [0.1, 0.15) is 17.0 Å². The average Bonchev–Trinajstić information content (AvgIpc) is 2.71. The second-order valence-electron chi connectivity index (χ2n) is 3.74. The molecule has 0 amide bonds. The number of pyridine rings is 1. The number of rotatable bonds is 2. The van der Waals surface area contributed by atoms with Crippen molar-refractivity contribution in [2.45, 2.75) is 19.0 Å². The molecule has 96 valence electrons. The van der Waals surface area contributed by atoms with Gasteiger partial charge in [0, 0.05) is 17.8 Å². The number of halogens is 4. The number of aryl methyl sites for hydroxylation is 1. The Morgan fingerprint density at radius 1 is 1.33 bits per heavy atom. The summed E-state index contributed by atoms with van der Waals surface area (Å²) in [7, 11) is 0. The lowest BCUT2D eigenvalue weighted by Crippen LogP contribution is -2.08. The largest absolute Gasteiger partial charge is 0.435 e. The second kappa shape index (κ2) is 4.61. The molecule has 0 spiro atoms. The monoisotopic (exact) mass is 275 g/mol. The maximum absolute atomic E-state index is 12.5. The SMILES string of the molecule is Cc1cc(C(F)(F)F)nn1-c1ccc(CCl)cn1. The molecule has 2 heterocycles. The highest BCUT2D eigenvalue weighted by Crippen LogP contribution is 2.29. The van der Waals surface area contributed by atoms with Crippen molar-refractivity contribution in [3.05, 3.63) is 41.3 Å². The number of alkyl halides is 4. The maximum atomic E-state index is 12.5. The molecule has 0 aliphatic rings. The number of aromatic nitrogens is 3. The third-order valence-corrected chi connectivity index (χ3v) is 2.67. The Bertz CT molecular complexity index is 546. The van der Waals surface area contributed by atoms with E-state index >= 15 is 0 Å². The van der Waals surface area contributed by atoms with Crippen LogP contribution in [-0.4, -0.2) is 14.8 Å². The molecule has 0 fully saturated rings. The fourth-order valence-corrected chi connectivity index (χ4v) is 1.62. The molecule has 0 aliphatic heterocycles.